The number of hydrogen-bond acceptors (Lipinski definition) is 0. The molecule has 0 N–H and O–H groups in total. The second-order valence-electron chi connectivity index (χ2n) is 3.94. The van der Waals surface area contributed by atoms with E-state index in [9.17, 15) is 0 Å². The summed E-state index contributed by atoms with van der Waals surface area (Å²) in [5.74, 6) is 0. The molecule has 3 rings (SSSR count). The normalized spacial score (nSPS) is 20.3. The largest absolute Gasteiger partial charge is 0.185 e. The SMILES string of the molecule is Brc1cc([SH]2C=CC=C2)c(Br)cc1[SH]1C=CC=C1. The molecule has 0 nitrogen and oxygen atoms in total. The van der Waals surface area contributed by atoms with Crippen molar-refractivity contribution in [2.45, 2.75) is 9.79 Å². The molecule has 0 atom stereocenters. The van der Waals surface area contributed by atoms with E-state index in [1.54, 1.807) is 0 Å². The van der Waals surface area contributed by atoms with Crippen LogP contribution in [-0.2, 0) is 0 Å². The van der Waals surface area contributed by atoms with Gasteiger partial charge in [0, 0.05) is 18.7 Å². The zero-order valence-electron chi connectivity index (χ0n) is 9.42. The van der Waals surface area contributed by atoms with Gasteiger partial charge in [-0.1, -0.05) is 24.3 Å². The van der Waals surface area contributed by atoms with Crippen LogP contribution in [0.25, 0.3) is 0 Å². The molecule has 0 saturated heterocycles. The predicted octanol–water partition coefficient (Wildman–Crippen LogP) is 6.01. The van der Waals surface area contributed by atoms with E-state index in [4.69, 9.17) is 0 Å². The molecule has 0 bridgehead atoms. The highest BCUT2D eigenvalue weighted by molar-refractivity contribution is 9.11. The zero-order chi connectivity index (χ0) is 12.5. The van der Waals surface area contributed by atoms with E-state index in [-0.39, 0.29) is 21.8 Å². The maximum Gasteiger partial charge on any atom is 0.0311 e. The molecule has 94 valence electrons. The van der Waals surface area contributed by atoms with Gasteiger partial charge in [0.15, 0.2) is 0 Å². The van der Waals surface area contributed by atoms with Gasteiger partial charge in [-0.25, -0.2) is 0 Å². The van der Waals surface area contributed by atoms with Crippen LogP contribution in [-0.4, -0.2) is 0 Å². The van der Waals surface area contributed by atoms with Gasteiger partial charge in [-0.3, -0.25) is 0 Å². The molecule has 2 aliphatic rings. The smallest absolute Gasteiger partial charge is 0.0311 e. The summed E-state index contributed by atoms with van der Waals surface area (Å²) in [6.07, 6.45) is 8.53. The molecule has 0 fully saturated rings. The molecule has 0 spiro atoms. The Kier molecular flexibility index (Phi) is 3.89. The van der Waals surface area contributed by atoms with Crippen LogP contribution in [0.2, 0.25) is 0 Å². The Labute approximate surface area is 129 Å². The third-order valence-corrected chi connectivity index (χ3v) is 8.53. The fourth-order valence-corrected chi connectivity index (χ4v) is 7.34. The Morgan fingerprint density at radius 1 is 0.611 bits per heavy atom. The molecule has 2 aliphatic heterocycles. The summed E-state index contributed by atoms with van der Waals surface area (Å²) in [5.41, 5.74) is 0. The molecule has 0 radical (unpaired) electrons. The van der Waals surface area contributed by atoms with Crippen molar-refractivity contribution >= 4 is 53.6 Å². The van der Waals surface area contributed by atoms with Gasteiger partial charge in [-0.15, -0.1) is 0 Å². The molecule has 0 amide bonds. The Morgan fingerprint density at radius 3 is 1.28 bits per heavy atom. The minimum Gasteiger partial charge on any atom is -0.185 e. The van der Waals surface area contributed by atoms with Crippen LogP contribution in [0.4, 0.5) is 0 Å². The number of rotatable bonds is 2. The average molecular weight is 404 g/mol. The number of thiol groups is 2. The lowest BCUT2D eigenvalue weighted by Crippen LogP contribution is -1.84. The van der Waals surface area contributed by atoms with Crippen molar-refractivity contribution in [1.82, 2.24) is 0 Å². The minimum absolute atomic E-state index is 0.269. The minimum atomic E-state index is -0.269. The summed E-state index contributed by atoms with van der Waals surface area (Å²) >= 11 is 7.46. The maximum atomic E-state index is 3.73. The van der Waals surface area contributed by atoms with E-state index in [0.717, 1.165) is 0 Å². The lowest BCUT2D eigenvalue weighted by molar-refractivity contribution is 1.28. The van der Waals surface area contributed by atoms with Gasteiger partial charge in [-0.05, 0) is 65.6 Å². The first-order valence-electron chi connectivity index (χ1n) is 5.51. The highest BCUT2D eigenvalue weighted by atomic mass is 79.9. The number of benzene rings is 1. The lowest BCUT2D eigenvalue weighted by Gasteiger charge is -2.19. The highest BCUT2D eigenvalue weighted by Crippen LogP contribution is 2.52. The molecule has 0 aliphatic carbocycles. The molecular weight excluding hydrogens is 392 g/mol. The third kappa shape index (κ3) is 2.44. The summed E-state index contributed by atoms with van der Waals surface area (Å²) < 4.78 is 2.44. The summed E-state index contributed by atoms with van der Waals surface area (Å²) in [6, 6.07) is 4.54. The average Bonchev–Trinajstić information content (AvgIpc) is 3.02. The van der Waals surface area contributed by atoms with Gasteiger partial charge in [-0.2, -0.15) is 21.8 Å². The van der Waals surface area contributed by atoms with Crippen molar-refractivity contribution in [1.29, 1.82) is 0 Å². The van der Waals surface area contributed by atoms with Crippen molar-refractivity contribution in [3.05, 3.63) is 67.0 Å². The Hall–Kier alpha value is -0.160. The van der Waals surface area contributed by atoms with Gasteiger partial charge in [0.05, 0.1) is 0 Å². The lowest BCUT2D eigenvalue weighted by atomic mass is 10.4. The fraction of sp³-hybridized carbons (Fsp3) is 0. The number of allylic oxidation sites excluding steroid dienone is 4. The van der Waals surface area contributed by atoms with Crippen LogP contribution >= 0.6 is 53.6 Å². The van der Waals surface area contributed by atoms with E-state index in [0.29, 0.717) is 0 Å². The first-order chi connectivity index (χ1) is 8.75. The van der Waals surface area contributed by atoms with E-state index in [1.807, 2.05) is 0 Å². The fourth-order valence-electron chi connectivity index (χ4n) is 1.91. The summed E-state index contributed by atoms with van der Waals surface area (Å²) in [7, 11) is -0.537. The monoisotopic (exact) mass is 402 g/mol. The molecular formula is C14H12Br2S2. The predicted molar refractivity (Wildman–Crippen MR) is 92.9 cm³/mol. The number of hydrogen-bond donors (Lipinski definition) is 2. The Morgan fingerprint density at radius 2 is 0.944 bits per heavy atom. The highest BCUT2D eigenvalue weighted by Gasteiger charge is 2.14. The molecule has 2 heterocycles. The topological polar surface area (TPSA) is 0 Å². The van der Waals surface area contributed by atoms with Crippen LogP contribution in [0, 0.1) is 0 Å². The van der Waals surface area contributed by atoms with E-state index in [1.165, 1.54) is 18.7 Å². The zero-order valence-corrected chi connectivity index (χ0v) is 14.4. The molecule has 0 saturated carbocycles. The van der Waals surface area contributed by atoms with E-state index < -0.39 is 0 Å². The van der Waals surface area contributed by atoms with Crippen LogP contribution < -0.4 is 0 Å². The quantitative estimate of drug-likeness (QED) is 0.554. The second-order valence-corrected chi connectivity index (χ2v) is 9.43. The van der Waals surface area contributed by atoms with Gasteiger partial charge < -0.3 is 0 Å². The van der Waals surface area contributed by atoms with Crippen molar-refractivity contribution < 1.29 is 0 Å². The summed E-state index contributed by atoms with van der Waals surface area (Å²) in [6.45, 7) is 0. The second kappa shape index (κ2) is 5.45. The van der Waals surface area contributed by atoms with E-state index in [2.05, 4.69) is 89.9 Å². The Balaban J connectivity index is 2.02. The summed E-state index contributed by atoms with van der Waals surface area (Å²) in [5, 5.41) is 9.12. The first-order valence-corrected chi connectivity index (χ1v) is 10.1. The van der Waals surface area contributed by atoms with Gasteiger partial charge >= 0.3 is 0 Å². The van der Waals surface area contributed by atoms with Gasteiger partial charge in [0.2, 0.25) is 0 Å². The summed E-state index contributed by atoms with van der Waals surface area (Å²) in [4.78, 5) is 2.76. The molecule has 4 heteroatoms. The van der Waals surface area contributed by atoms with Crippen LogP contribution in [0.3, 0.4) is 0 Å². The van der Waals surface area contributed by atoms with Crippen molar-refractivity contribution in [3.8, 4) is 0 Å². The molecule has 1 aromatic rings. The Bertz CT molecular complexity index is 522. The number of halogens is 2. The van der Waals surface area contributed by atoms with Crippen molar-refractivity contribution in [3.63, 3.8) is 0 Å². The van der Waals surface area contributed by atoms with Crippen LogP contribution in [0.15, 0.2) is 76.8 Å². The first kappa shape index (κ1) is 12.9. The van der Waals surface area contributed by atoms with Crippen LogP contribution in [0.5, 0.6) is 0 Å². The van der Waals surface area contributed by atoms with Crippen LogP contribution in [0.1, 0.15) is 0 Å². The maximum absolute atomic E-state index is 3.73. The molecule has 18 heavy (non-hydrogen) atoms. The molecule has 0 unspecified atom stereocenters. The van der Waals surface area contributed by atoms with E-state index >= 15 is 0 Å². The molecule has 0 aromatic heterocycles. The standard InChI is InChI=1S/C14H12Br2S2/c15-11-10-14(18-7-3-4-8-18)12(16)9-13(11)17-5-1-2-6-17/h1-10,17-18H. The van der Waals surface area contributed by atoms with Crippen molar-refractivity contribution in [2.24, 2.45) is 0 Å². The van der Waals surface area contributed by atoms with Gasteiger partial charge in [0.1, 0.15) is 0 Å². The molecule has 1 aromatic carbocycles. The van der Waals surface area contributed by atoms with Crippen molar-refractivity contribution in [2.75, 3.05) is 0 Å². The third-order valence-electron chi connectivity index (χ3n) is 2.78. The van der Waals surface area contributed by atoms with Gasteiger partial charge in [0.25, 0.3) is 0 Å².